The van der Waals surface area contributed by atoms with Gasteiger partial charge in [-0.1, -0.05) is 11.6 Å². The van der Waals surface area contributed by atoms with E-state index in [-0.39, 0.29) is 5.02 Å². The third-order valence-corrected chi connectivity index (χ3v) is 1.28. The van der Waals surface area contributed by atoms with Crippen molar-refractivity contribution in [3.05, 3.63) is 27.6 Å². The van der Waals surface area contributed by atoms with Crippen molar-refractivity contribution in [1.82, 2.24) is 4.98 Å². The molecule has 0 aliphatic rings. The Balaban J connectivity index is 3.01. The molecule has 0 aliphatic heterocycles. The van der Waals surface area contributed by atoms with Crippen molar-refractivity contribution in [2.45, 2.75) is 6.36 Å². The molecule has 0 saturated carbocycles. The zero-order chi connectivity index (χ0) is 10.1. The predicted octanol–water partition coefficient (Wildman–Crippen LogP) is 1.93. The van der Waals surface area contributed by atoms with Gasteiger partial charge in [-0.25, -0.2) is 0 Å². The van der Waals surface area contributed by atoms with Crippen LogP contribution in [-0.4, -0.2) is 11.3 Å². The van der Waals surface area contributed by atoms with Crippen LogP contribution >= 0.6 is 11.6 Å². The van der Waals surface area contributed by atoms with E-state index in [1.54, 1.807) is 0 Å². The third kappa shape index (κ3) is 2.98. The summed E-state index contributed by atoms with van der Waals surface area (Å²) in [5.41, 5.74) is -0.985. The van der Waals surface area contributed by atoms with Crippen molar-refractivity contribution in [2.75, 3.05) is 0 Å². The van der Waals surface area contributed by atoms with Crippen LogP contribution in [-0.2, 0) is 0 Å². The number of ether oxygens (including phenoxy) is 1. The van der Waals surface area contributed by atoms with E-state index in [1.807, 2.05) is 4.98 Å². The Morgan fingerprint density at radius 1 is 1.46 bits per heavy atom. The molecule has 1 rings (SSSR count). The number of aromatic amines is 1. The van der Waals surface area contributed by atoms with Crippen LogP contribution in [0.3, 0.4) is 0 Å². The molecule has 3 nitrogen and oxygen atoms in total. The summed E-state index contributed by atoms with van der Waals surface area (Å²) in [6, 6.07) is 0.786. The number of H-pyrrole nitrogens is 1. The number of aromatic nitrogens is 1. The molecule has 1 N–H and O–H groups in total. The van der Waals surface area contributed by atoms with E-state index < -0.39 is 17.7 Å². The van der Waals surface area contributed by atoms with Crippen LogP contribution in [0, 0.1) is 0 Å². The van der Waals surface area contributed by atoms with Gasteiger partial charge in [0.25, 0.3) is 5.56 Å². The van der Waals surface area contributed by atoms with Gasteiger partial charge in [0.05, 0.1) is 5.02 Å². The Morgan fingerprint density at radius 3 is 2.62 bits per heavy atom. The van der Waals surface area contributed by atoms with Crippen molar-refractivity contribution < 1.29 is 17.9 Å². The topological polar surface area (TPSA) is 42.1 Å². The maximum Gasteiger partial charge on any atom is 0.573 e. The Hall–Kier alpha value is -1.17. The highest BCUT2D eigenvalue weighted by Crippen LogP contribution is 2.20. The molecule has 0 aliphatic carbocycles. The van der Waals surface area contributed by atoms with Crippen molar-refractivity contribution in [3.8, 4) is 5.75 Å². The number of nitrogens with one attached hydrogen (secondary N) is 1. The molecule has 0 fully saturated rings. The van der Waals surface area contributed by atoms with Gasteiger partial charge >= 0.3 is 6.36 Å². The second kappa shape index (κ2) is 3.29. The Kier molecular flexibility index (Phi) is 2.51. The predicted molar refractivity (Wildman–Crippen MR) is 38.8 cm³/mol. The summed E-state index contributed by atoms with van der Waals surface area (Å²) < 4.78 is 38.3. The molecule has 0 aromatic carbocycles. The van der Waals surface area contributed by atoms with E-state index >= 15 is 0 Å². The van der Waals surface area contributed by atoms with E-state index in [0.29, 0.717) is 0 Å². The summed E-state index contributed by atoms with van der Waals surface area (Å²) in [6.45, 7) is 0. The Morgan fingerprint density at radius 2 is 2.08 bits per heavy atom. The van der Waals surface area contributed by atoms with Gasteiger partial charge in [-0.3, -0.25) is 4.79 Å². The Labute approximate surface area is 75.1 Å². The smallest absolute Gasteiger partial charge is 0.400 e. The fourth-order valence-electron chi connectivity index (χ4n) is 0.639. The van der Waals surface area contributed by atoms with Crippen LogP contribution in [0.2, 0.25) is 5.02 Å². The van der Waals surface area contributed by atoms with Gasteiger partial charge in [0.1, 0.15) is 0 Å². The van der Waals surface area contributed by atoms with Crippen LogP contribution in [0.5, 0.6) is 5.75 Å². The van der Waals surface area contributed by atoms with Gasteiger partial charge in [0, 0.05) is 12.3 Å². The first-order valence-corrected chi connectivity index (χ1v) is 3.40. The number of rotatable bonds is 1. The van der Waals surface area contributed by atoms with E-state index in [0.717, 1.165) is 12.3 Å². The zero-order valence-corrected chi connectivity index (χ0v) is 6.74. The van der Waals surface area contributed by atoms with Gasteiger partial charge in [-0.05, 0) is 0 Å². The fourth-order valence-corrected chi connectivity index (χ4v) is 0.792. The van der Waals surface area contributed by atoms with Gasteiger partial charge in [0.2, 0.25) is 0 Å². The number of alkyl halides is 3. The fraction of sp³-hybridized carbons (Fsp3) is 0.167. The molecule has 1 heterocycles. The van der Waals surface area contributed by atoms with Crippen molar-refractivity contribution in [1.29, 1.82) is 0 Å². The first-order chi connectivity index (χ1) is 5.88. The number of pyridine rings is 1. The van der Waals surface area contributed by atoms with Crippen LogP contribution in [0.25, 0.3) is 0 Å². The lowest BCUT2D eigenvalue weighted by Crippen LogP contribution is -2.22. The number of hydrogen-bond donors (Lipinski definition) is 1. The molecule has 1 aromatic heterocycles. The first kappa shape index (κ1) is 9.91. The lowest BCUT2D eigenvalue weighted by molar-refractivity contribution is -0.275. The highest BCUT2D eigenvalue weighted by Gasteiger charge is 2.32. The quantitative estimate of drug-likeness (QED) is 0.775. The molecular weight excluding hydrogens is 211 g/mol. The molecule has 0 spiro atoms. The van der Waals surface area contributed by atoms with Crippen molar-refractivity contribution >= 4 is 11.6 Å². The molecule has 1 aromatic rings. The monoisotopic (exact) mass is 213 g/mol. The van der Waals surface area contributed by atoms with E-state index in [2.05, 4.69) is 4.74 Å². The Bertz CT molecular complexity index is 360. The molecule has 0 radical (unpaired) electrons. The summed E-state index contributed by atoms with van der Waals surface area (Å²) in [5, 5.41) is -0.0427. The molecule has 0 bridgehead atoms. The lowest BCUT2D eigenvalue weighted by atomic mass is 10.4. The molecule has 0 unspecified atom stereocenters. The van der Waals surface area contributed by atoms with E-state index in [9.17, 15) is 18.0 Å². The molecule has 0 amide bonds. The average Bonchev–Trinajstić information content (AvgIpc) is 1.94. The minimum absolute atomic E-state index is 0.0427. The van der Waals surface area contributed by atoms with E-state index in [1.165, 1.54) is 0 Å². The molecule has 7 heteroatoms. The normalized spacial score (nSPS) is 11.4. The van der Waals surface area contributed by atoms with Crippen molar-refractivity contribution in [3.63, 3.8) is 0 Å². The van der Waals surface area contributed by atoms with Crippen LogP contribution in [0.15, 0.2) is 17.1 Å². The largest absolute Gasteiger partial charge is 0.573 e. The van der Waals surface area contributed by atoms with Crippen LogP contribution in [0.4, 0.5) is 13.2 Å². The molecular formula is C6H3ClF3NO2. The van der Waals surface area contributed by atoms with Gasteiger partial charge < -0.3 is 9.72 Å². The van der Waals surface area contributed by atoms with Gasteiger partial charge in [-0.15, -0.1) is 13.2 Å². The van der Waals surface area contributed by atoms with Gasteiger partial charge in [0.15, 0.2) is 5.75 Å². The summed E-state index contributed by atoms with van der Waals surface area (Å²) in [4.78, 5) is 12.7. The summed E-state index contributed by atoms with van der Waals surface area (Å²) in [7, 11) is 0. The maximum absolute atomic E-state index is 11.6. The standard InChI is InChI=1S/C6H3ClF3NO2/c7-3-1-4(5(12)11-2-3)13-6(8,9)10/h1-2H,(H,11,12). The summed E-state index contributed by atoms with van der Waals surface area (Å²) in [5.74, 6) is -0.875. The molecule has 13 heavy (non-hydrogen) atoms. The van der Waals surface area contributed by atoms with Gasteiger partial charge in [-0.2, -0.15) is 0 Å². The molecule has 0 saturated heterocycles. The van der Waals surface area contributed by atoms with E-state index in [4.69, 9.17) is 11.6 Å². The average molecular weight is 214 g/mol. The molecule has 72 valence electrons. The minimum atomic E-state index is -4.89. The number of hydrogen-bond acceptors (Lipinski definition) is 2. The third-order valence-electron chi connectivity index (χ3n) is 1.06. The second-order valence-electron chi connectivity index (χ2n) is 2.06. The SMILES string of the molecule is O=c1[nH]cc(Cl)cc1OC(F)(F)F. The zero-order valence-electron chi connectivity index (χ0n) is 5.98. The maximum atomic E-state index is 11.6. The lowest BCUT2D eigenvalue weighted by Gasteiger charge is -2.07. The van der Waals surface area contributed by atoms with Crippen LogP contribution in [0.1, 0.15) is 0 Å². The minimum Gasteiger partial charge on any atom is -0.400 e. The summed E-state index contributed by atoms with van der Waals surface area (Å²) in [6.07, 6.45) is -3.83. The number of halogens is 4. The highest BCUT2D eigenvalue weighted by atomic mass is 35.5. The first-order valence-electron chi connectivity index (χ1n) is 3.02. The van der Waals surface area contributed by atoms with Crippen molar-refractivity contribution in [2.24, 2.45) is 0 Å². The second-order valence-corrected chi connectivity index (χ2v) is 2.50. The highest BCUT2D eigenvalue weighted by molar-refractivity contribution is 6.30. The molecule has 0 atom stereocenters. The van der Waals surface area contributed by atoms with Crippen LogP contribution < -0.4 is 10.3 Å². The summed E-state index contributed by atoms with van der Waals surface area (Å²) >= 11 is 5.33.